The number of benzene rings is 2. The molecule has 0 aliphatic rings. The lowest BCUT2D eigenvalue weighted by molar-refractivity contribution is 0.0918. The molecule has 3 rings (SSSR count). The lowest BCUT2D eigenvalue weighted by Crippen LogP contribution is -2.34. The van der Waals surface area contributed by atoms with Gasteiger partial charge in [-0.05, 0) is 29.0 Å². The van der Waals surface area contributed by atoms with Crippen molar-refractivity contribution in [2.45, 2.75) is 39.8 Å². The Kier molecular flexibility index (Phi) is 6.27. The van der Waals surface area contributed by atoms with Gasteiger partial charge in [-0.1, -0.05) is 81.4 Å². The first-order valence-corrected chi connectivity index (χ1v) is 9.80. The number of hydrogen-bond donors (Lipinski definition) is 1. The fraction of sp³-hybridized carbons (Fsp3) is 0.292. The summed E-state index contributed by atoms with van der Waals surface area (Å²) in [7, 11) is 0. The largest absolute Gasteiger partial charge is 0.344 e. The van der Waals surface area contributed by atoms with Crippen LogP contribution in [0.15, 0.2) is 77.6 Å². The molecule has 29 heavy (non-hydrogen) atoms. The highest BCUT2D eigenvalue weighted by molar-refractivity contribution is 5.92. The van der Waals surface area contributed by atoms with E-state index in [-0.39, 0.29) is 28.6 Å². The zero-order valence-corrected chi connectivity index (χ0v) is 17.1. The Morgan fingerprint density at radius 1 is 0.966 bits per heavy atom. The van der Waals surface area contributed by atoms with Gasteiger partial charge >= 0.3 is 0 Å². The molecule has 0 spiro atoms. The summed E-state index contributed by atoms with van der Waals surface area (Å²) < 4.78 is 1.32. The van der Waals surface area contributed by atoms with Crippen molar-refractivity contribution < 1.29 is 4.79 Å². The maximum Gasteiger partial charge on any atom is 0.272 e. The van der Waals surface area contributed by atoms with E-state index in [0.29, 0.717) is 6.54 Å². The number of aromatic nitrogens is 2. The van der Waals surface area contributed by atoms with Crippen LogP contribution < -0.4 is 10.9 Å². The Morgan fingerprint density at radius 3 is 2.21 bits per heavy atom. The second-order valence-electron chi connectivity index (χ2n) is 8.40. The van der Waals surface area contributed by atoms with Crippen molar-refractivity contribution in [1.29, 1.82) is 0 Å². The van der Waals surface area contributed by atoms with E-state index in [9.17, 15) is 9.59 Å². The summed E-state index contributed by atoms with van der Waals surface area (Å²) in [6.07, 6.45) is 0.784. The van der Waals surface area contributed by atoms with Crippen LogP contribution in [-0.4, -0.2) is 15.7 Å². The van der Waals surface area contributed by atoms with Crippen molar-refractivity contribution in [3.63, 3.8) is 0 Å². The van der Waals surface area contributed by atoms with Crippen molar-refractivity contribution in [2.75, 3.05) is 0 Å². The molecule has 0 saturated carbocycles. The minimum Gasteiger partial charge on any atom is -0.344 e. The third kappa shape index (κ3) is 5.88. The minimum absolute atomic E-state index is 0.0350. The van der Waals surface area contributed by atoms with Crippen LogP contribution in [0.5, 0.6) is 0 Å². The molecule has 0 aliphatic heterocycles. The van der Waals surface area contributed by atoms with E-state index in [2.05, 4.69) is 31.2 Å². The highest BCUT2D eigenvalue weighted by Crippen LogP contribution is 2.29. The molecule has 0 fully saturated rings. The first kappa shape index (κ1) is 20.5. The third-order valence-electron chi connectivity index (χ3n) is 4.60. The number of carbonyl (C=O) groups is 1. The predicted molar refractivity (Wildman–Crippen MR) is 115 cm³/mol. The molecule has 150 valence electrons. The standard InChI is InChI=1S/C24H27N3O2/c1-24(2,3)16-21(19-12-8-5-9-13-19)25-23(29)20-14-15-22(28)27(26-20)17-18-10-6-4-7-11-18/h4-15,21H,16-17H2,1-3H3,(H,25,29). The van der Waals surface area contributed by atoms with Crippen molar-refractivity contribution in [3.8, 4) is 0 Å². The number of hydrogen-bond acceptors (Lipinski definition) is 3. The summed E-state index contributed by atoms with van der Waals surface area (Å²) in [5.41, 5.74) is 2.03. The van der Waals surface area contributed by atoms with Gasteiger partial charge in [0.15, 0.2) is 0 Å². The van der Waals surface area contributed by atoms with Gasteiger partial charge in [-0.2, -0.15) is 5.10 Å². The van der Waals surface area contributed by atoms with E-state index < -0.39 is 0 Å². The molecule has 1 unspecified atom stereocenters. The van der Waals surface area contributed by atoms with E-state index in [1.54, 1.807) is 0 Å². The van der Waals surface area contributed by atoms with Crippen LogP contribution in [-0.2, 0) is 6.54 Å². The molecule has 1 atom stereocenters. The SMILES string of the molecule is CC(C)(C)CC(NC(=O)c1ccc(=O)n(Cc2ccccc2)n1)c1ccccc1. The fourth-order valence-corrected chi connectivity index (χ4v) is 3.22. The van der Waals surface area contributed by atoms with E-state index in [1.165, 1.54) is 16.8 Å². The molecule has 0 saturated heterocycles. The number of amides is 1. The summed E-state index contributed by atoms with van der Waals surface area (Å²) in [6.45, 7) is 6.76. The first-order chi connectivity index (χ1) is 13.8. The Bertz CT molecular complexity index is 1010. The molecular weight excluding hydrogens is 362 g/mol. The molecule has 0 radical (unpaired) electrons. The van der Waals surface area contributed by atoms with E-state index >= 15 is 0 Å². The Hall–Kier alpha value is -3.21. The lowest BCUT2D eigenvalue weighted by atomic mass is 9.85. The van der Waals surface area contributed by atoms with Crippen LogP contribution in [0.25, 0.3) is 0 Å². The van der Waals surface area contributed by atoms with E-state index in [1.807, 2.05) is 60.7 Å². The third-order valence-corrected chi connectivity index (χ3v) is 4.60. The molecule has 5 nitrogen and oxygen atoms in total. The summed E-state index contributed by atoms with van der Waals surface area (Å²) in [6, 6.07) is 22.3. The maximum atomic E-state index is 12.9. The van der Waals surface area contributed by atoms with Crippen LogP contribution in [0.3, 0.4) is 0 Å². The number of rotatable bonds is 6. The molecule has 0 bridgehead atoms. The minimum atomic E-state index is -0.287. The van der Waals surface area contributed by atoms with Gasteiger partial charge in [-0.3, -0.25) is 9.59 Å². The molecule has 0 aliphatic carbocycles. The Morgan fingerprint density at radius 2 is 1.59 bits per heavy atom. The average Bonchev–Trinajstić information content (AvgIpc) is 2.69. The number of carbonyl (C=O) groups excluding carboxylic acids is 1. The van der Waals surface area contributed by atoms with Gasteiger partial charge in [0.1, 0.15) is 5.69 Å². The van der Waals surface area contributed by atoms with Gasteiger partial charge in [0.2, 0.25) is 0 Å². The molecule has 1 heterocycles. The Balaban J connectivity index is 1.83. The molecule has 2 aromatic carbocycles. The molecule has 1 aromatic heterocycles. The van der Waals surface area contributed by atoms with Crippen LogP contribution in [0.1, 0.15) is 54.8 Å². The summed E-state index contributed by atoms with van der Waals surface area (Å²) in [5.74, 6) is -0.287. The highest BCUT2D eigenvalue weighted by atomic mass is 16.2. The number of nitrogens with zero attached hydrogens (tertiary/aromatic N) is 2. The van der Waals surface area contributed by atoms with Gasteiger partial charge < -0.3 is 5.32 Å². The van der Waals surface area contributed by atoms with Crippen molar-refractivity contribution in [3.05, 3.63) is 100.0 Å². The highest BCUT2D eigenvalue weighted by Gasteiger charge is 2.23. The predicted octanol–water partition coefficient (Wildman–Crippen LogP) is 4.20. The molecule has 1 amide bonds. The Labute approximate surface area is 171 Å². The average molecular weight is 389 g/mol. The lowest BCUT2D eigenvalue weighted by Gasteiger charge is -2.27. The molecule has 3 aromatic rings. The maximum absolute atomic E-state index is 12.9. The zero-order valence-electron chi connectivity index (χ0n) is 17.1. The van der Waals surface area contributed by atoms with Crippen molar-refractivity contribution >= 4 is 5.91 Å². The van der Waals surface area contributed by atoms with Gasteiger partial charge in [0.05, 0.1) is 12.6 Å². The van der Waals surface area contributed by atoms with Gasteiger partial charge in [0, 0.05) is 6.07 Å². The van der Waals surface area contributed by atoms with Gasteiger partial charge in [-0.15, -0.1) is 0 Å². The normalized spacial score (nSPS) is 12.4. The van der Waals surface area contributed by atoms with Crippen LogP contribution in [0.2, 0.25) is 0 Å². The number of nitrogens with one attached hydrogen (secondary N) is 1. The second kappa shape index (κ2) is 8.86. The van der Waals surface area contributed by atoms with Crippen molar-refractivity contribution in [1.82, 2.24) is 15.1 Å². The molecular formula is C24H27N3O2. The molecule has 1 N–H and O–H groups in total. The van der Waals surface area contributed by atoms with E-state index in [4.69, 9.17) is 0 Å². The second-order valence-corrected chi connectivity index (χ2v) is 8.40. The van der Waals surface area contributed by atoms with Gasteiger partial charge in [0.25, 0.3) is 11.5 Å². The smallest absolute Gasteiger partial charge is 0.272 e. The van der Waals surface area contributed by atoms with E-state index in [0.717, 1.165) is 17.5 Å². The van der Waals surface area contributed by atoms with Crippen molar-refractivity contribution in [2.24, 2.45) is 5.41 Å². The summed E-state index contributed by atoms with van der Waals surface area (Å²) in [4.78, 5) is 25.1. The monoisotopic (exact) mass is 389 g/mol. The zero-order chi connectivity index (χ0) is 20.9. The van der Waals surface area contributed by atoms with Crippen LogP contribution in [0.4, 0.5) is 0 Å². The fourth-order valence-electron chi connectivity index (χ4n) is 3.22. The quantitative estimate of drug-likeness (QED) is 0.687. The summed E-state index contributed by atoms with van der Waals surface area (Å²) >= 11 is 0. The topological polar surface area (TPSA) is 64.0 Å². The van der Waals surface area contributed by atoms with Gasteiger partial charge in [-0.25, -0.2) is 4.68 Å². The first-order valence-electron chi connectivity index (χ1n) is 9.80. The van der Waals surface area contributed by atoms with Crippen LogP contribution in [0, 0.1) is 5.41 Å². The van der Waals surface area contributed by atoms with Crippen LogP contribution >= 0.6 is 0 Å². The molecule has 5 heteroatoms. The summed E-state index contributed by atoms with van der Waals surface area (Å²) in [5, 5.41) is 7.40.